The number of aliphatic carboxylic acids is 1. The maximum absolute atomic E-state index is 12.1. The first-order valence-corrected chi connectivity index (χ1v) is 8.52. The molecule has 0 aromatic heterocycles. The average molecular weight is 356 g/mol. The van der Waals surface area contributed by atoms with Gasteiger partial charge in [0.15, 0.2) is 0 Å². The van der Waals surface area contributed by atoms with Gasteiger partial charge in [-0.3, -0.25) is 14.5 Å². The molecule has 0 bridgehead atoms. The van der Waals surface area contributed by atoms with Crippen LogP contribution in [-0.4, -0.2) is 41.0 Å². The predicted octanol–water partition coefficient (Wildman–Crippen LogP) is 3.60. The Morgan fingerprint density at radius 2 is 1.65 bits per heavy atom. The summed E-state index contributed by atoms with van der Waals surface area (Å²) in [5.74, 6) is 0.379. The summed E-state index contributed by atoms with van der Waals surface area (Å²) in [5.41, 5.74) is 0.671. The molecule has 0 radical (unpaired) electrons. The van der Waals surface area contributed by atoms with Gasteiger partial charge in [-0.1, -0.05) is 18.2 Å². The Bertz CT molecular complexity index is 714. The molecule has 0 aliphatic rings. The topological polar surface area (TPSA) is 78.9 Å². The fourth-order valence-corrected chi connectivity index (χ4v) is 2.39. The molecule has 138 valence electrons. The molecule has 0 fully saturated rings. The van der Waals surface area contributed by atoms with Crippen LogP contribution >= 0.6 is 0 Å². The van der Waals surface area contributed by atoms with Crippen molar-refractivity contribution in [2.45, 2.75) is 26.3 Å². The van der Waals surface area contributed by atoms with Crippen molar-refractivity contribution in [3.05, 3.63) is 54.6 Å². The van der Waals surface area contributed by atoms with E-state index in [2.05, 4.69) is 5.32 Å². The predicted molar refractivity (Wildman–Crippen MR) is 101 cm³/mol. The van der Waals surface area contributed by atoms with E-state index in [0.29, 0.717) is 18.0 Å². The number of benzene rings is 2. The van der Waals surface area contributed by atoms with Gasteiger partial charge in [-0.25, -0.2) is 0 Å². The highest BCUT2D eigenvalue weighted by Crippen LogP contribution is 2.22. The summed E-state index contributed by atoms with van der Waals surface area (Å²) in [6, 6.07) is 16.6. The van der Waals surface area contributed by atoms with Crippen LogP contribution in [0.4, 0.5) is 5.69 Å². The number of carbonyl (C=O) groups is 2. The Hall–Kier alpha value is -2.86. The van der Waals surface area contributed by atoms with Gasteiger partial charge in [-0.15, -0.1) is 0 Å². The number of ether oxygens (including phenoxy) is 1. The Kier molecular flexibility index (Phi) is 7.17. The van der Waals surface area contributed by atoms with Crippen LogP contribution in [0.3, 0.4) is 0 Å². The molecular weight excluding hydrogens is 332 g/mol. The van der Waals surface area contributed by atoms with Crippen LogP contribution in [0.5, 0.6) is 11.5 Å². The minimum absolute atomic E-state index is 0.0633. The summed E-state index contributed by atoms with van der Waals surface area (Å²) in [4.78, 5) is 24.7. The maximum Gasteiger partial charge on any atom is 0.317 e. The zero-order valence-corrected chi connectivity index (χ0v) is 15.0. The number of carbonyl (C=O) groups excluding carboxylic acids is 1. The second-order valence-corrected chi connectivity index (χ2v) is 6.20. The van der Waals surface area contributed by atoms with E-state index in [9.17, 15) is 9.59 Å². The van der Waals surface area contributed by atoms with E-state index in [1.54, 1.807) is 29.2 Å². The van der Waals surface area contributed by atoms with Gasteiger partial charge in [0.2, 0.25) is 5.91 Å². The molecule has 0 heterocycles. The summed E-state index contributed by atoms with van der Waals surface area (Å²) < 4.78 is 5.71. The molecule has 0 saturated carbocycles. The summed E-state index contributed by atoms with van der Waals surface area (Å²) in [5, 5.41) is 11.7. The molecule has 0 saturated heterocycles. The summed E-state index contributed by atoms with van der Waals surface area (Å²) in [6.45, 7) is 4.14. The van der Waals surface area contributed by atoms with E-state index < -0.39 is 5.97 Å². The van der Waals surface area contributed by atoms with Gasteiger partial charge in [0.25, 0.3) is 0 Å². The van der Waals surface area contributed by atoms with Crippen molar-refractivity contribution >= 4 is 17.6 Å². The van der Waals surface area contributed by atoms with Crippen molar-refractivity contribution in [1.29, 1.82) is 0 Å². The van der Waals surface area contributed by atoms with Gasteiger partial charge in [0.1, 0.15) is 11.5 Å². The lowest BCUT2D eigenvalue weighted by molar-refractivity contribution is -0.139. The lowest BCUT2D eigenvalue weighted by Crippen LogP contribution is -2.37. The van der Waals surface area contributed by atoms with Gasteiger partial charge in [0.05, 0.1) is 6.54 Å². The van der Waals surface area contributed by atoms with E-state index in [-0.39, 0.29) is 24.9 Å². The largest absolute Gasteiger partial charge is 0.480 e. The molecule has 2 N–H and O–H groups in total. The third-order valence-corrected chi connectivity index (χ3v) is 3.81. The molecule has 6 nitrogen and oxygen atoms in total. The fourth-order valence-electron chi connectivity index (χ4n) is 2.39. The van der Waals surface area contributed by atoms with E-state index >= 15 is 0 Å². The van der Waals surface area contributed by atoms with Crippen LogP contribution in [0, 0.1) is 0 Å². The van der Waals surface area contributed by atoms with E-state index in [1.165, 1.54) is 0 Å². The lowest BCUT2D eigenvalue weighted by Gasteiger charge is -2.24. The number of hydrogen-bond donors (Lipinski definition) is 2. The summed E-state index contributed by atoms with van der Waals surface area (Å²) in [7, 11) is 0. The van der Waals surface area contributed by atoms with Crippen molar-refractivity contribution in [1.82, 2.24) is 4.90 Å². The number of carboxylic acid groups (broad SMARTS) is 1. The van der Waals surface area contributed by atoms with Crippen molar-refractivity contribution in [2.75, 3.05) is 18.4 Å². The first kappa shape index (κ1) is 19.5. The number of rotatable bonds is 9. The number of nitrogens with zero attached hydrogens (tertiary/aromatic N) is 1. The maximum atomic E-state index is 12.1. The molecule has 2 aromatic carbocycles. The van der Waals surface area contributed by atoms with Crippen LogP contribution in [0.1, 0.15) is 20.3 Å². The van der Waals surface area contributed by atoms with Crippen LogP contribution in [-0.2, 0) is 9.59 Å². The number of nitrogens with one attached hydrogen (secondary N) is 1. The zero-order valence-electron chi connectivity index (χ0n) is 15.0. The summed E-state index contributed by atoms with van der Waals surface area (Å²) >= 11 is 0. The molecule has 0 atom stereocenters. The third kappa shape index (κ3) is 6.57. The van der Waals surface area contributed by atoms with Crippen LogP contribution in [0.15, 0.2) is 54.6 Å². The Labute approximate surface area is 153 Å². The van der Waals surface area contributed by atoms with Gasteiger partial charge in [-0.05, 0) is 50.2 Å². The minimum atomic E-state index is -0.895. The molecule has 0 unspecified atom stereocenters. The molecule has 0 aliphatic carbocycles. The van der Waals surface area contributed by atoms with Gasteiger partial charge in [0, 0.05) is 24.7 Å². The number of carboxylic acids is 1. The Morgan fingerprint density at radius 1 is 1.04 bits per heavy atom. The second kappa shape index (κ2) is 9.58. The monoisotopic (exact) mass is 356 g/mol. The molecule has 0 aliphatic heterocycles. The molecule has 2 rings (SSSR count). The van der Waals surface area contributed by atoms with Crippen LogP contribution < -0.4 is 10.1 Å². The summed E-state index contributed by atoms with van der Waals surface area (Å²) in [6.07, 6.45) is 0.230. The van der Waals surface area contributed by atoms with E-state index in [4.69, 9.17) is 9.84 Å². The van der Waals surface area contributed by atoms with Crippen LogP contribution in [0.2, 0.25) is 0 Å². The van der Waals surface area contributed by atoms with Gasteiger partial charge < -0.3 is 15.2 Å². The Balaban J connectivity index is 1.84. The highest BCUT2D eigenvalue weighted by atomic mass is 16.5. The van der Waals surface area contributed by atoms with Crippen molar-refractivity contribution in [3.8, 4) is 11.5 Å². The number of anilines is 1. The Morgan fingerprint density at radius 3 is 2.23 bits per heavy atom. The third-order valence-electron chi connectivity index (χ3n) is 3.81. The van der Waals surface area contributed by atoms with Crippen molar-refractivity contribution in [2.24, 2.45) is 0 Å². The highest BCUT2D eigenvalue weighted by molar-refractivity contribution is 5.90. The quantitative estimate of drug-likeness (QED) is 0.718. The lowest BCUT2D eigenvalue weighted by atomic mass is 10.2. The molecule has 1 amide bonds. The standard InChI is InChI=1S/C20H24N2O4/c1-15(2)22(14-20(24)25)13-12-19(23)21-16-8-10-18(11-9-16)26-17-6-4-3-5-7-17/h3-11,15H,12-14H2,1-2H3,(H,21,23)(H,24,25). The van der Waals surface area contributed by atoms with E-state index in [1.807, 2.05) is 44.2 Å². The molecule has 2 aromatic rings. The average Bonchev–Trinajstić information content (AvgIpc) is 2.60. The molecule has 26 heavy (non-hydrogen) atoms. The zero-order chi connectivity index (χ0) is 18.9. The highest BCUT2D eigenvalue weighted by Gasteiger charge is 2.14. The van der Waals surface area contributed by atoms with Crippen molar-refractivity contribution < 1.29 is 19.4 Å². The van der Waals surface area contributed by atoms with Gasteiger partial charge in [-0.2, -0.15) is 0 Å². The number of hydrogen-bond acceptors (Lipinski definition) is 4. The molecule has 0 spiro atoms. The number of amides is 1. The fraction of sp³-hybridized carbons (Fsp3) is 0.300. The second-order valence-electron chi connectivity index (χ2n) is 6.20. The van der Waals surface area contributed by atoms with E-state index in [0.717, 1.165) is 5.75 Å². The smallest absolute Gasteiger partial charge is 0.317 e. The molecule has 6 heteroatoms. The SMILES string of the molecule is CC(C)N(CCC(=O)Nc1ccc(Oc2ccccc2)cc1)CC(=O)O. The number of para-hydroxylation sites is 1. The van der Waals surface area contributed by atoms with Crippen LogP contribution in [0.25, 0.3) is 0 Å². The van der Waals surface area contributed by atoms with Gasteiger partial charge >= 0.3 is 5.97 Å². The first-order chi connectivity index (χ1) is 12.4. The van der Waals surface area contributed by atoms with Crippen molar-refractivity contribution in [3.63, 3.8) is 0 Å². The molecular formula is C20H24N2O4. The first-order valence-electron chi connectivity index (χ1n) is 8.52. The minimum Gasteiger partial charge on any atom is -0.480 e. The normalized spacial score (nSPS) is 10.8.